The Balaban J connectivity index is 4.28. The number of allylic oxidation sites excluding steroid dienone is 1. The van der Waals surface area contributed by atoms with E-state index in [-0.39, 0.29) is 16.5 Å². The summed E-state index contributed by atoms with van der Waals surface area (Å²) < 4.78 is 5.14. The first-order valence-corrected chi connectivity index (χ1v) is 4.23. The van der Waals surface area contributed by atoms with Crippen LogP contribution in [0.5, 0.6) is 0 Å². The topological polar surface area (TPSA) is 73.6 Å². The van der Waals surface area contributed by atoms with Gasteiger partial charge in [0.2, 0.25) is 0 Å². The summed E-state index contributed by atoms with van der Waals surface area (Å²) in [7, 11) is 1.62. The second-order valence-electron chi connectivity index (χ2n) is 3.19. The summed E-state index contributed by atoms with van der Waals surface area (Å²) in [5.41, 5.74) is 10.5. The number of hydrogen-bond donors (Lipinski definition) is 2. The SMILES string of the molecule is COC(C)(C)CN=C(Cl)C(N)=CN. The predicted octanol–water partition coefficient (Wildman–Crippen LogP) is 0.808. The van der Waals surface area contributed by atoms with Gasteiger partial charge in [0.15, 0.2) is 0 Å². The summed E-state index contributed by atoms with van der Waals surface area (Å²) in [6.45, 7) is 4.25. The van der Waals surface area contributed by atoms with Gasteiger partial charge in [-0.2, -0.15) is 0 Å². The van der Waals surface area contributed by atoms with Gasteiger partial charge in [0.25, 0.3) is 0 Å². The number of hydrogen-bond acceptors (Lipinski definition) is 4. The summed E-state index contributed by atoms with van der Waals surface area (Å²) in [4.78, 5) is 4.02. The van der Waals surface area contributed by atoms with Crippen molar-refractivity contribution < 1.29 is 4.74 Å². The van der Waals surface area contributed by atoms with Crippen LogP contribution in [0.25, 0.3) is 0 Å². The van der Waals surface area contributed by atoms with E-state index in [0.29, 0.717) is 6.54 Å². The first-order valence-electron chi connectivity index (χ1n) is 3.86. The molecule has 0 rings (SSSR count). The molecule has 4 N–H and O–H groups in total. The van der Waals surface area contributed by atoms with E-state index >= 15 is 0 Å². The molecular formula is C8H16ClN3O. The lowest BCUT2D eigenvalue weighted by molar-refractivity contribution is 0.0312. The van der Waals surface area contributed by atoms with Crippen molar-refractivity contribution in [3.8, 4) is 0 Å². The molecule has 0 unspecified atom stereocenters. The molecule has 0 fully saturated rings. The molecule has 13 heavy (non-hydrogen) atoms. The van der Waals surface area contributed by atoms with Crippen LogP contribution in [-0.4, -0.2) is 24.4 Å². The zero-order valence-electron chi connectivity index (χ0n) is 8.17. The lowest BCUT2D eigenvalue weighted by Gasteiger charge is -2.20. The Morgan fingerprint density at radius 1 is 1.62 bits per heavy atom. The number of aliphatic imine (C=N–C) groups is 1. The highest BCUT2D eigenvalue weighted by Crippen LogP contribution is 2.08. The van der Waals surface area contributed by atoms with Gasteiger partial charge >= 0.3 is 0 Å². The number of rotatable bonds is 4. The quantitative estimate of drug-likeness (QED) is 0.667. The fourth-order valence-corrected chi connectivity index (χ4v) is 0.607. The van der Waals surface area contributed by atoms with Crippen LogP contribution >= 0.6 is 11.6 Å². The van der Waals surface area contributed by atoms with E-state index in [0.717, 1.165) is 0 Å². The van der Waals surface area contributed by atoms with E-state index in [1.807, 2.05) is 13.8 Å². The Hall–Kier alpha value is -0.740. The Morgan fingerprint density at radius 2 is 2.15 bits per heavy atom. The minimum Gasteiger partial charge on any atom is -0.403 e. The molecule has 0 amide bonds. The van der Waals surface area contributed by atoms with Crippen LogP contribution in [0, 0.1) is 0 Å². The molecule has 0 heterocycles. The maximum atomic E-state index is 5.72. The van der Waals surface area contributed by atoms with Gasteiger partial charge in [-0.15, -0.1) is 0 Å². The third-order valence-electron chi connectivity index (χ3n) is 1.57. The standard InChI is InChI=1S/C8H16ClN3O/c1-8(2,13-3)5-12-7(9)6(11)4-10/h4H,5,10-11H2,1-3H3. The van der Waals surface area contributed by atoms with E-state index in [1.165, 1.54) is 6.20 Å². The van der Waals surface area contributed by atoms with Crippen LogP contribution in [0.1, 0.15) is 13.8 Å². The maximum Gasteiger partial charge on any atom is 0.148 e. The molecule has 0 aliphatic carbocycles. The average Bonchev–Trinajstić information content (AvgIpc) is 2.13. The van der Waals surface area contributed by atoms with E-state index in [1.54, 1.807) is 7.11 Å². The third kappa shape index (κ3) is 4.75. The van der Waals surface area contributed by atoms with Crippen molar-refractivity contribution in [3.05, 3.63) is 11.9 Å². The fraction of sp³-hybridized carbons (Fsp3) is 0.625. The zero-order chi connectivity index (χ0) is 10.5. The Bertz CT molecular complexity index is 223. The Labute approximate surface area is 83.6 Å². The van der Waals surface area contributed by atoms with E-state index < -0.39 is 0 Å². The van der Waals surface area contributed by atoms with Crippen molar-refractivity contribution in [2.24, 2.45) is 16.5 Å². The molecule has 0 spiro atoms. The smallest absolute Gasteiger partial charge is 0.148 e. The van der Waals surface area contributed by atoms with E-state index in [4.69, 9.17) is 27.8 Å². The van der Waals surface area contributed by atoms with Gasteiger partial charge in [-0.25, -0.2) is 0 Å². The van der Waals surface area contributed by atoms with Crippen molar-refractivity contribution >= 4 is 16.8 Å². The van der Waals surface area contributed by atoms with Crippen molar-refractivity contribution in [1.29, 1.82) is 0 Å². The summed E-state index contributed by atoms with van der Waals surface area (Å²) in [6.07, 6.45) is 1.21. The summed E-state index contributed by atoms with van der Waals surface area (Å²) in [5, 5.41) is 0.215. The normalized spacial score (nSPS) is 14.8. The molecule has 0 aromatic heterocycles. The zero-order valence-corrected chi connectivity index (χ0v) is 8.93. The number of ether oxygens (including phenoxy) is 1. The lowest BCUT2D eigenvalue weighted by atomic mass is 10.1. The minimum atomic E-state index is -0.338. The largest absolute Gasteiger partial charge is 0.403 e. The molecule has 0 bridgehead atoms. The van der Waals surface area contributed by atoms with Crippen LogP contribution in [0.3, 0.4) is 0 Å². The van der Waals surface area contributed by atoms with Crippen molar-refractivity contribution in [3.63, 3.8) is 0 Å². The van der Waals surface area contributed by atoms with Crippen LogP contribution in [0.4, 0.5) is 0 Å². The van der Waals surface area contributed by atoms with Gasteiger partial charge in [-0.1, -0.05) is 11.6 Å². The number of nitrogens with two attached hydrogens (primary N) is 2. The van der Waals surface area contributed by atoms with Crippen LogP contribution in [-0.2, 0) is 4.74 Å². The van der Waals surface area contributed by atoms with Crippen LogP contribution in [0.2, 0.25) is 0 Å². The molecule has 5 heteroatoms. The molecule has 76 valence electrons. The maximum absolute atomic E-state index is 5.72. The Kier molecular flexibility index (Phi) is 4.80. The number of halogens is 1. The van der Waals surface area contributed by atoms with Crippen molar-refractivity contribution in [2.45, 2.75) is 19.4 Å². The second-order valence-corrected chi connectivity index (χ2v) is 3.55. The second kappa shape index (κ2) is 5.09. The molecular weight excluding hydrogens is 190 g/mol. The molecule has 0 aromatic carbocycles. The molecule has 0 aromatic rings. The first-order chi connectivity index (χ1) is 5.93. The Morgan fingerprint density at radius 3 is 2.54 bits per heavy atom. The van der Waals surface area contributed by atoms with Gasteiger partial charge in [0, 0.05) is 13.3 Å². The number of nitrogens with zero attached hydrogens (tertiary/aromatic N) is 1. The molecule has 4 nitrogen and oxygen atoms in total. The van der Waals surface area contributed by atoms with Crippen molar-refractivity contribution in [1.82, 2.24) is 0 Å². The highest BCUT2D eigenvalue weighted by molar-refractivity contribution is 6.69. The monoisotopic (exact) mass is 205 g/mol. The van der Waals surface area contributed by atoms with Gasteiger partial charge in [-0.3, -0.25) is 4.99 Å². The first kappa shape index (κ1) is 12.3. The van der Waals surface area contributed by atoms with E-state index in [2.05, 4.69) is 4.99 Å². The van der Waals surface area contributed by atoms with Crippen LogP contribution < -0.4 is 11.5 Å². The molecule has 0 aliphatic rings. The molecule has 0 aliphatic heterocycles. The molecule has 0 saturated carbocycles. The minimum absolute atomic E-state index is 0.215. The van der Waals surface area contributed by atoms with Gasteiger partial charge in [-0.05, 0) is 13.8 Å². The fourth-order valence-electron chi connectivity index (χ4n) is 0.484. The summed E-state index contributed by atoms with van der Waals surface area (Å²) in [5.74, 6) is 0. The van der Waals surface area contributed by atoms with Gasteiger partial charge in [0.1, 0.15) is 5.17 Å². The predicted molar refractivity (Wildman–Crippen MR) is 55.7 cm³/mol. The highest BCUT2D eigenvalue weighted by Gasteiger charge is 2.15. The molecule has 0 atom stereocenters. The summed E-state index contributed by atoms with van der Waals surface area (Å²) >= 11 is 5.72. The van der Waals surface area contributed by atoms with Gasteiger partial charge < -0.3 is 16.2 Å². The van der Waals surface area contributed by atoms with Gasteiger partial charge in [0.05, 0.1) is 17.8 Å². The van der Waals surface area contributed by atoms with Crippen molar-refractivity contribution in [2.75, 3.05) is 13.7 Å². The molecule has 0 saturated heterocycles. The third-order valence-corrected chi connectivity index (χ3v) is 1.91. The lowest BCUT2D eigenvalue weighted by Crippen LogP contribution is -2.27. The average molecular weight is 206 g/mol. The molecule has 0 radical (unpaired) electrons. The van der Waals surface area contributed by atoms with Crippen LogP contribution in [0.15, 0.2) is 16.9 Å². The van der Waals surface area contributed by atoms with E-state index in [9.17, 15) is 0 Å². The number of methoxy groups -OCH3 is 1. The summed E-state index contributed by atoms with van der Waals surface area (Å²) in [6, 6.07) is 0. The highest BCUT2D eigenvalue weighted by atomic mass is 35.5.